The molecule has 0 fully saturated rings. The van der Waals surface area contributed by atoms with Crippen molar-refractivity contribution < 1.29 is 9.53 Å². The van der Waals surface area contributed by atoms with E-state index >= 15 is 0 Å². The molecule has 0 amide bonds. The standard InChI is InChI=1S/C15H18O2/c1-3-5-6-13-7-9-14(10-8-13)12-15(16)17-11-4-2/h2,7-10H,3,5-6,11-12H2,1H3. The Hall–Kier alpha value is -1.75. The second kappa shape index (κ2) is 7.51. The van der Waals surface area contributed by atoms with E-state index in [1.54, 1.807) is 0 Å². The monoisotopic (exact) mass is 230 g/mol. The number of hydrogen-bond donors (Lipinski definition) is 0. The van der Waals surface area contributed by atoms with E-state index in [0.717, 1.165) is 12.0 Å². The molecule has 0 aromatic heterocycles. The minimum absolute atomic E-state index is 0.0490. The van der Waals surface area contributed by atoms with Gasteiger partial charge in [-0.1, -0.05) is 43.5 Å². The number of carbonyl (C=O) groups excluding carboxylic acids is 1. The molecule has 0 aliphatic heterocycles. The summed E-state index contributed by atoms with van der Waals surface area (Å²) in [6.07, 6.45) is 8.78. The molecule has 0 N–H and O–H groups in total. The fraction of sp³-hybridized carbons (Fsp3) is 0.400. The van der Waals surface area contributed by atoms with Gasteiger partial charge in [-0.3, -0.25) is 4.79 Å². The van der Waals surface area contributed by atoms with E-state index in [1.165, 1.54) is 18.4 Å². The summed E-state index contributed by atoms with van der Waals surface area (Å²) in [7, 11) is 0. The van der Waals surface area contributed by atoms with Gasteiger partial charge < -0.3 is 4.74 Å². The lowest BCUT2D eigenvalue weighted by Crippen LogP contribution is -2.08. The summed E-state index contributed by atoms with van der Waals surface area (Å²) in [6.45, 7) is 2.23. The zero-order chi connectivity index (χ0) is 12.5. The second-order valence-electron chi connectivity index (χ2n) is 3.96. The molecule has 90 valence electrons. The summed E-state index contributed by atoms with van der Waals surface area (Å²) in [6, 6.07) is 8.09. The van der Waals surface area contributed by atoms with Gasteiger partial charge in [-0.2, -0.15) is 0 Å². The number of benzene rings is 1. The number of aryl methyl sites for hydroxylation is 1. The Morgan fingerprint density at radius 2 is 1.94 bits per heavy atom. The molecule has 0 radical (unpaired) electrons. The number of terminal acetylenes is 1. The molecule has 2 heteroatoms. The first kappa shape index (κ1) is 13.3. The lowest BCUT2D eigenvalue weighted by atomic mass is 10.1. The molecule has 0 saturated carbocycles. The minimum Gasteiger partial charge on any atom is -0.452 e. The fourth-order valence-electron chi connectivity index (χ4n) is 1.54. The maximum Gasteiger partial charge on any atom is 0.311 e. The number of unbranched alkanes of at least 4 members (excludes halogenated alkanes) is 1. The summed E-state index contributed by atoms with van der Waals surface area (Å²) in [5, 5.41) is 0. The number of carbonyl (C=O) groups is 1. The SMILES string of the molecule is C#CCOC(=O)Cc1ccc(CCCC)cc1. The van der Waals surface area contributed by atoms with Gasteiger partial charge in [-0.25, -0.2) is 0 Å². The summed E-state index contributed by atoms with van der Waals surface area (Å²) in [4.78, 5) is 11.3. The number of hydrogen-bond acceptors (Lipinski definition) is 2. The third-order valence-electron chi connectivity index (χ3n) is 2.51. The zero-order valence-electron chi connectivity index (χ0n) is 10.2. The molecule has 1 aromatic rings. The third-order valence-corrected chi connectivity index (χ3v) is 2.51. The largest absolute Gasteiger partial charge is 0.452 e. The van der Waals surface area contributed by atoms with Crippen LogP contribution in [0.1, 0.15) is 30.9 Å². The molecule has 0 aliphatic rings. The quantitative estimate of drug-likeness (QED) is 0.555. The van der Waals surface area contributed by atoms with Crippen LogP contribution in [0.5, 0.6) is 0 Å². The average molecular weight is 230 g/mol. The number of ether oxygens (including phenoxy) is 1. The summed E-state index contributed by atoms with van der Waals surface area (Å²) < 4.78 is 4.82. The van der Waals surface area contributed by atoms with Gasteiger partial charge in [0.15, 0.2) is 6.61 Å². The van der Waals surface area contributed by atoms with Crippen molar-refractivity contribution in [3.8, 4) is 12.3 Å². The van der Waals surface area contributed by atoms with Gasteiger partial charge >= 0.3 is 5.97 Å². The van der Waals surface area contributed by atoms with Crippen molar-refractivity contribution in [3.05, 3.63) is 35.4 Å². The summed E-state index contributed by atoms with van der Waals surface area (Å²) in [5.74, 6) is 2.00. The van der Waals surface area contributed by atoms with E-state index in [-0.39, 0.29) is 19.0 Å². The minimum atomic E-state index is -0.274. The molecular weight excluding hydrogens is 212 g/mol. The first-order valence-electron chi connectivity index (χ1n) is 5.93. The molecule has 0 aliphatic carbocycles. The molecule has 0 unspecified atom stereocenters. The van der Waals surface area contributed by atoms with E-state index in [0.29, 0.717) is 0 Å². The van der Waals surface area contributed by atoms with Crippen molar-refractivity contribution in [2.45, 2.75) is 32.6 Å². The van der Waals surface area contributed by atoms with Gasteiger partial charge in [0.25, 0.3) is 0 Å². The molecule has 0 atom stereocenters. The van der Waals surface area contributed by atoms with Gasteiger partial charge in [0.05, 0.1) is 6.42 Å². The van der Waals surface area contributed by atoms with Gasteiger partial charge in [-0.05, 0) is 24.0 Å². The van der Waals surface area contributed by atoms with Crippen LogP contribution in [-0.4, -0.2) is 12.6 Å². The predicted molar refractivity (Wildman–Crippen MR) is 68.6 cm³/mol. The van der Waals surface area contributed by atoms with E-state index in [9.17, 15) is 4.79 Å². The van der Waals surface area contributed by atoms with Crippen LogP contribution in [0.4, 0.5) is 0 Å². The van der Waals surface area contributed by atoms with Gasteiger partial charge in [0.2, 0.25) is 0 Å². The van der Waals surface area contributed by atoms with Crippen LogP contribution in [0.2, 0.25) is 0 Å². The highest BCUT2D eigenvalue weighted by atomic mass is 16.5. The fourth-order valence-corrected chi connectivity index (χ4v) is 1.54. The van der Waals surface area contributed by atoms with Crippen molar-refractivity contribution in [2.24, 2.45) is 0 Å². The van der Waals surface area contributed by atoms with Gasteiger partial charge in [0.1, 0.15) is 0 Å². The van der Waals surface area contributed by atoms with Crippen LogP contribution >= 0.6 is 0 Å². The van der Waals surface area contributed by atoms with Gasteiger partial charge in [0, 0.05) is 0 Å². The highest BCUT2D eigenvalue weighted by Crippen LogP contribution is 2.08. The molecule has 0 heterocycles. The predicted octanol–water partition coefficient (Wildman–Crippen LogP) is 2.75. The molecule has 17 heavy (non-hydrogen) atoms. The van der Waals surface area contributed by atoms with Gasteiger partial charge in [-0.15, -0.1) is 6.42 Å². The number of rotatable bonds is 6. The maximum absolute atomic E-state index is 11.3. The van der Waals surface area contributed by atoms with E-state index < -0.39 is 0 Å². The first-order valence-corrected chi connectivity index (χ1v) is 5.93. The highest BCUT2D eigenvalue weighted by molar-refractivity contribution is 5.72. The average Bonchev–Trinajstić information content (AvgIpc) is 2.35. The molecule has 0 saturated heterocycles. The van der Waals surface area contributed by atoms with Crippen molar-refractivity contribution >= 4 is 5.97 Å². The molecule has 1 rings (SSSR count). The Labute approximate surface area is 103 Å². The van der Waals surface area contributed by atoms with Crippen LogP contribution in [0, 0.1) is 12.3 Å². The van der Waals surface area contributed by atoms with Crippen molar-refractivity contribution in [2.75, 3.05) is 6.61 Å². The zero-order valence-corrected chi connectivity index (χ0v) is 10.2. The summed E-state index contributed by atoms with van der Waals surface area (Å²) in [5.41, 5.74) is 2.28. The smallest absolute Gasteiger partial charge is 0.311 e. The molecule has 0 spiro atoms. The maximum atomic E-state index is 11.3. The van der Waals surface area contributed by atoms with Crippen LogP contribution in [0.15, 0.2) is 24.3 Å². The van der Waals surface area contributed by atoms with Crippen LogP contribution in [-0.2, 0) is 22.4 Å². The Kier molecular flexibility index (Phi) is 5.88. The van der Waals surface area contributed by atoms with Crippen LogP contribution in [0.25, 0.3) is 0 Å². The first-order chi connectivity index (χ1) is 8.26. The highest BCUT2D eigenvalue weighted by Gasteiger charge is 2.03. The topological polar surface area (TPSA) is 26.3 Å². The molecular formula is C15H18O2. The van der Waals surface area contributed by atoms with Crippen LogP contribution < -0.4 is 0 Å². The van der Waals surface area contributed by atoms with E-state index in [4.69, 9.17) is 11.2 Å². The van der Waals surface area contributed by atoms with Crippen molar-refractivity contribution in [1.82, 2.24) is 0 Å². The normalized spacial score (nSPS) is 9.65. The lowest BCUT2D eigenvalue weighted by Gasteiger charge is -2.03. The third kappa shape index (κ3) is 5.21. The van der Waals surface area contributed by atoms with E-state index in [2.05, 4.69) is 25.0 Å². The Balaban J connectivity index is 2.45. The Morgan fingerprint density at radius 3 is 2.53 bits per heavy atom. The molecule has 2 nitrogen and oxygen atoms in total. The molecule has 0 bridgehead atoms. The van der Waals surface area contributed by atoms with Crippen LogP contribution in [0.3, 0.4) is 0 Å². The van der Waals surface area contributed by atoms with E-state index in [1.807, 2.05) is 12.1 Å². The second-order valence-corrected chi connectivity index (χ2v) is 3.96. The Morgan fingerprint density at radius 1 is 1.29 bits per heavy atom. The lowest BCUT2D eigenvalue weighted by molar-refractivity contribution is -0.141. The van der Waals surface area contributed by atoms with Crippen molar-refractivity contribution in [3.63, 3.8) is 0 Å². The van der Waals surface area contributed by atoms with Crippen molar-refractivity contribution in [1.29, 1.82) is 0 Å². The Bertz CT molecular complexity index is 384. The molecule has 1 aromatic carbocycles. The number of esters is 1. The summed E-state index contributed by atoms with van der Waals surface area (Å²) >= 11 is 0.